The van der Waals surface area contributed by atoms with Crippen LogP contribution in [0.3, 0.4) is 0 Å². The molecule has 2 N–H and O–H groups in total. The van der Waals surface area contributed by atoms with E-state index in [2.05, 4.69) is 5.10 Å². The number of likely N-dealkylation sites (tertiary alicyclic amines) is 1. The Labute approximate surface area is 152 Å². The van der Waals surface area contributed by atoms with Crippen molar-refractivity contribution >= 4 is 12.2 Å². The standard InChI is InChI=1S/C17H24N4O3S/c1-19-16(11-24-15-7-5-14(23-2)6-8-15)18-21(17(19)25)12-20-9-3-4-13(22)10-20/h5-8,13,22H,3-4,9-12H2,1-2H3/p+1/t13-/m1/s1. The Bertz CT molecular complexity index is 756. The fourth-order valence-corrected chi connectivity index (χ4v) is 3.27. The summed E-state index contributed by atoms with van der Waals surface area (Å²) >= 11 is 5.49. The second kappa shape index (κ2) is 7.99. The number of nitrogens with one attached hydrogen (secondary N) is 1. The first kappa shape index (κ1) is 17.9. The molecule has 0 bridgehead atoms. The number of aliphatic hydroxyl groups excluding tert-OH is 1. The Morgan fingerprint density at radius 2 is 2.04 bits per heavy atom. The molecule has 1 fully saturated rings. The van der Waals surface area contributed by atoms with Crippen molar-refractivity contribution < 1.29 is 19.5 Å². The van der Waals surface area contributed by atoms with Crippen LogP contribution in [0.1, 0.15) is 18.7 Å². The van der Waals surface area contributed by atoms with E-state index in [0.29, 0.717) is 18.0 Å². The van der Waals surface area contributed by atoms with Crippen LogP contribution >= 0.6 is 12.2 Å². The lowest BCUT2D eigenvalue weighted by molar-refractivity contribution is -0.931. The molecule has 2 aromatic rings. The van der Waals surface area contributed by atoms with Crippen LogP contribution in [0.25, 0.3) is 0 Å². The molecule has 0 amide bonds. The van der Waals surface area contributed by atoms with Crippen molar-refractivity contribution in [3.63, 3.8) is 0 Å². The van der Waals surface area contributed by atoms with E-state index in [0.717, 1.165) is 43.3 Å². The molecule has 1 aliphatic heterocycles. The van der Waals surface area contributed by atoms with Crippen LogP contribution in [-0.4, -0.2) is 45.8 Å². The van der Waals surface area contributed by atoms with Crippen molar-refractivity contribution in [1.82, 2.24) is 14.3 Å². The zero-order valence-corrected chi connectivity index (χ0v) is 15.5. The number of nitrogens with zero attached hydrogens (tertiary/aromatic N) is 3. The predicted molar refractivity (Wildman–Crippen MR) is 95.3 cm³/mol. The first-order chi connectivity index (χ1) is 12.1. The Kier molecular flexibility index (Phi) is 5.72. The number of rotatable bonds is 6. The molecular formula is C17H25N4O3S+. The highest BCUT2D eigenvalue weighted by Gasteiger charge is 2.22. The summed E-state index contributed by atoms with van der Waals surface area (Å²) in [5, 5.41) is 14.4. The van der Waals surface area contributed by atoms with Gasteiger partial charge in [-0.15, -0.1) is 5.10 Å². The lowest BCUT2D eigenvalue weighted by atomic mass is 10.1. The van der Waals surface area contributed by atoms with Crippen molar-refractivity contribution in [2.75, 3.05) is 20.2 Å². The largest absolute Gasteiger partial charge is 0.497 e. The maximum atomic E-state index is 9.82. The monoisotopic (exact) mass is 365 g/mol. The molecule has 25 heavy (non-hydrogen) atoms. The van der Waals surface area contributed by atoms with Crippen LogP contribution in [0.4, 0.5) is 0 Å². The summed E-state index contributed by atoms with van der Waals surface area (Å²) in [6.07, 6.45) is 1.70. The first-order valence-electron chi connectivity index (χ1n) is 8.48. The number of methoxy groups -OCH3 is 1. The fourth-order valence-electron chi connectivity index (χ4n) is 3.06. The first-order valence-corrected chi connectivity index (χ1v) is 8.89. The highest BCUT2D eigenvalue weighted by molar-refractivity contribution is 7.71. The zero-order valence-electron chi connectivity index (χ0n) is 14.6. The normalized spacial score (nSPS) is 20.4. The maximum Gasteiger partial charge on any atom is 0.202 e. The van der Waals surface area contributed by atoms with Crippen LogP contribution < -0.4 is 14.4 Å². The summed E-state index contributed by atoms with van der Waals surface area (Å²) in [5.74, 6) is 2.32. The van der Waals surface area contributed by atoms with Gasteiger partial charge in [0.2, 0.25) is 4.77 Å². The van der Waals surface area contributed by atoms with Gasteiger partial charge < -0.3 is 24.0 Å². The van der Waals surface area contributed by atoms with Crippen LogP contribution in [0, 0.1) is 4.77 Å². The molecule has 0 aliphatic carbocycles. The number of aliphatic hydroxyl groups is 1. The fraction of sp³-hybridized carbons (Fsp3) is 0.529. The van der Waals surface area contributed by atoms with E-state index in [1.165, 1.54) is 4.90 Å². The molecule has 0 saturated carbocycles. The summed E-state index contributed by atoms with van der Waals surface area (Å²) in [6, 6.07) is 7.45. The number of hydrogen-bond acceptors (Lipinski definition) is 5. The average Bonchev–Trinajstić information content (AvgIpc) is 2.88. The summed E-state index contributed by atoms with van der Waals surface area (Å²) in [6.45, 7) is 2.80. The van der Waals surface area contributed by atoms with Gasteiger partial charge in [-0.2, -0.15) is 4.68 Å². The van der Waals surface area contributed by atoms with Crippen molar-refractivity contribution in [1.29, 1.82) is 0 Å². The Morgan fingerprint density at radius 3 is 2.72 bits per heavy atom. The van der Waals surface area contributed by atoms with E-state index in [1.54, 1.807) is 7.11 Å². The van der Waals surface area contributed by atoms with Crippen molar-refractivity contribution in [3.05, 3.63) is 34.9 Å². The van der Waals surface area contributed by atoms with E-state index < -0.39 is 0 Å². The molecule has 136 valence electrons. The SMILES string of the molecule is COc1ccc(OCc2nn(C[NH+]3CCC[C@@H](O)C3)c(=S)n2C)cc1. The highest BCUT2D eigenvalue weighted by atomic mass is 32.1. The lowest BCUT2D eigenvalue weighted by Crippen LogP contribution is -3.13. The second-order valence-electron chi connectivity index (χ2n) is 6.38. The van der Waals surface area contributed by atoms with Gasteiger partial charge in [-0.05, 0) is 49.3 Å². The minimum atomic E-state index is -0.223. The van der Waals surface area contributed by atoms with Crippen LogP contribution in [0.5, 0.6) is 11.5 Å². The van der Waals surface area contributed by atoms with E-state index in [4.69, 9.17) is 21.7 Å². The predicted octanol–water partition coefficient (Wildman–Crippen LogP) is 0.536. The molecule has 7 nitrogen and oxygen atoms in total. The number of piperidine rings is 1. The van der Waals surface area contributed by atoms with Crippen molar-refractivity contribution in [2.24, 2.45) is 7.05 Å². The topological polar surface area (TPSA) is 65.9 Å². The molecule has 1 aromatic heterocycles. The highest BCUT2D eigenvalue weighted by Crippen LogP contribution is 2.18. The third kappa shape index (κ3) is 4.39. The minimum Gasteiger partial charge on any atom is -0.497 e. The van der Waals surface area contributed by atoms with Gasteiger partial charge in [-0.1, -0.05) is 0 Å². The molecule has 1 unspecified atom stereocenters. The Balaban J connectivity index is 1.64. The van der Waals surface area contributed by atoms with Gasteiger partial charge in [0.15, 0.2) is 12.5 Å². The third-order valence-corrected chi connectivity index (χ3v) is 5.01. The number of aromatic nitrogens is 3. The van der Waals surface area contributed by atoms with E-state index in [-0.39, 0.29) is 6.10 Å². The molecule has 2 heterocycles. The van der Waals surface area contributed by atoms with Gasteiger partial charge in [0.1, 0.15) is 30.8 Å². The van der Waals surface area contributed by atoms with E-state index in [9.17, 15) is 5.11 Å². The summed E-state index contributed by atoms with van der Waals surface area (Å²) in [7, 11) is 3.54. The van der Waals surface area contributed by atoms with Crippen LogP contribution in [0.15, 0.2) is 24.3 Å². The second-order valence-corrected chi connectivity index (χ2v) is 6.74. The average molecular weight is 365 g/mol. The van der Waals surface area contributed by atoms with Crippen LogP contribution in [-0.2, 0) is 20.3 Å². The minimum absolute atomic E-state index is 0.223. The van der Waals surface area contributed by atoms with Crippen LogP contribution in [0.2, 0.25) is 0 Å². The van der Waals surface area contributed by atoms with Crippen molar-refractivity contribution in [2.45, 2.75) is 32.2 Å². The van der Waals surface area contributed by atoms with E-state index >= 15 is 0 Å². The lowest BCUT2D eigenvalue weighted by Gasteiger charge is -2.26. The Hall–Kier alpha value is -1.90. The van der Waals surface area contributed by atoms with Gasteiger partial charge in [-0.25, -0.2) is 0 Å². The number of ether oxygens (including phenoxy) is 2. The zero-order chi connectivity index (χ0) is 17.8. The molecule has 0 radical (unpaired) electrons. The smallest absolute Gasteiger partial charge is 0.202 e. The molecule has 2 atom stereocenters. The van der Waals surface area contributed by atoms with Gasteiger partial charge in [0.25, 0.3) is 0 Å². The molecule has 1 aromatic carbocycles. The Morgan fingerprint density at radius 1 is 1.32 bits per heavy atom. The molecule has 1 saturated heterocycles. The molecule has 3 rings (SSSR count). The molecule has 1 aliphatic rings. The molecule has 8 heteroatoms. The van der Waals surface area contributed by atoms with Gasteiger partial charge >= 0.3 is 0 Å². The van der Waals surface area contributed by atoms with Gasteiger partial charge in [0.05, 0.1) is 13.7 Å². The third-order valence-electron chi connectivity index (χ3n) is 4.52. The number of benzene rings is 1. The summed E-state index contributed by atoms with van der Waals surface area (Å²) in [4.78, 5) is 1.30. The summed E-state index contributed by atoms with van der Waals surface area (Å²) in [5.41, 5.74) is 0. The number of quaternary nitrogens is 1. The van der Waals surface area contributed by atoms with Gasteiger partial charge in [-0.3, -0.25) is 0 Å². The summed E-state index contributed by atoms with van der Waals surface area (Å²) < 4.78 is 15.3. The van der Waals surface area contributed by atoms with E-state index in [1.807, 2.05) is 40.6 Å². The maximum absolute atomic E-state index is 9.82. The molecule has 0 spiro atoms. The van der Waals surface area contributed by atoms with Gasteiger partial charge in [0, 0.05) is 7.05 Å². The number of hydrogen-bond donors (Lipinski definition) is 2. The quantitative estimate of drug-likeness (QED) is 0.732. The van der Waals surface area contributed by atoms with Crippen molar-refractivity contribution in [3.8, 4) is 11.5 Å². The molecular weight excluding hydrogens is 340 g/mol.